The lowest BCUT2D eigenvalue weighted by molar-refractivity contribution is -0.0203. The molecule has 0 saturated heterocycles. The lowest BCUT2D eigenvalue weighted by Crippen LogP contribution is -2.46. The number of rotatable bonds is 2. The molecule has 3 rings (SSSR count). The van der Waals surface area contributed by atoms with Crippen molar-refractivity contribution in [2.45, 2.75) is 64.0 Å². The number of hydrogen-bond donors (Lipinski definition) is 1. The Morgan fingerprint density at radius 1 is 1.38 bits per heavy atom. The summed E-state index contributed by atoms with van der Waals surface area (Å²) in [6.07, 6.45) is 6.69. The van der Waals surface area contributed by atoms with E-state index in [0.717, 1.165) is 24.8 Å². The van der Waals surface area contributed by atoms with Crippen molar-refractivity contribution in [2.75, 3.05) is 0 Å². The van der Waals surface area contributed by atoms with Crippen molar-refractivity contribution in [3.8, 4) is 5.75 Å². The zero-order valence-corrected chi connectivity index (χ0v) is 13.1. The Hall–Kier alpha value is -1.09. The molecule has 1 aromatic carbocycles. The van der Waals surface area contributed by atoms with Crippen LogP contribution in [0.4, 0.5) is 4.39 Å². The minimum absolute atomic E-state index is 0.0350. The Bertz CT molecular complexity index is 516. The number of nitrogens with two attached hydrogens (primary N) is 1. The van der Waals surface area contributed by atoms with Gasteiger partial charge >= 0.3 is 0 Å². The molecule has 1 spiro atoms. The SMILES string of the molecule is CC(C)CC1CCCC2(C1)CC(N)c1ccc(F)cc1O2. The zero-order chi connectivity index (χ0) is 15.0. The first kappa shape index (κ1) is 14.8. The fourth-order valence-electron chi connectivity index (χ4n) is 4.28. The average Bonchev–Trinajstić information content (AvgIpc) is 2.37. The minimum atomic E-state index is -0.243. The van der Waals surface area contributed by atoms with Gasteiger partial charge in [0.1, 0.15) is 17.2 Å². The van der Waals surface area contributed by atoms with Gasteiger partial charge in [-0.1, -0.05) is 26.3 Å². The van der Waals surface area contributed by atoms with E-state index in [2.05, 4.69) is 13.8 Å². The van der Waals surface area contributed by atoms with Crippen molar-refractivity contribution >= 4 is 0 Å². The van der Waals surface area contributed by atoms with Crippen LogP contribution in [0.25, 0.3) is 0 Å². The molecule has 116 valence electrons. The highest BCUT2D eigenvalue weighted by Gasteiger charge is 2.43. The highest BCUT2D eigenvalue weighted by molar-refractivity contribution is 5.39. The van der Waals surface area contributed by atoms with Gasteiger partial charge in [-0.15, -0.1) is 0 Å². The van der Waals surface area contributed by atoms with Crippen LogP contribution in [0.1, 0.15) is 64.0 Å². The molecule has 3 heteroatoms. The summed E-state index contributed by atoms with van der Waals surface area (Å²) < 4.78 is 19.8. The number of fused-ring (bicyclic) bond motifs is 1. The Balaban J connectivity index is 1.83. The quantitative estimate of drug-likeness (QED) is 0.865. The molecule has 21 heavy (non-hydrogen) atoms. The van der Waals surface area contributed by atoms with Crippen molar-refractivity contribution < 1.29 is 9.13 Å². The van der Waals surface area contributed by atoms with E-state index in [0.29, 0.717) is 17.6 Å². The van der Waals surface area contributed by atoms with Crippen LogP contribution in [0.3, 0.4) is 0 Å². The average molecular weight is 291 g/mol. The molecule has 1 fully saturated rings. The summed E-state index contributed by atoms with van der Waals surface area (Å²) in [5.74, 6) is 1.85. The smallest absolute Gasteiger partial charge is 0.127 e. The first-order valence-electron chi connectivity index (χ1n) is 8.21. The van der Waals surface area contributed by atoms with E-state index in [-0.39, 0.29) is 17.5 Å². The molecule has 2 aliphatic rings. The van der Waals surface area contributed by atoms with E-state index in [1.54, 1.807) is 6.07 Å². The predicted octanol–water partition coefficient (Wildman–Crippen LogP) is 4.58. The predicted molar refractivity (Wildman–Crippen MR) is 82.7 cm³/mol. The largest absolute Gasteiger partial charge is 0.487 e. The normalized spacial score (nSPS) is 32.0. The van der Waals surface area contributed by atoms with Crippen LogP contribution >= 0.6 is 0 Å². The molecule has 1 aliphatic heterocycles. The highest BCUT2D eigenvalue weighted by atomic mass is 19.1. The van der Waals surface area contributed by atoms with E-state index in [4.69, 9.17) is 10.5 Å². The maximum atomic E-state index is 13.5. The lowest BCUT2D eigenvalue weighted by Gasteiger charge is -2.46. The summed E-state index contributed by atoms with van der Waals surface area (Å²) in [5, 5.41) is 0. The number of hydrogen-bond acceptors (Lipinski definition) is 2. The standard InChI is InChI=1S/C18H26FNO/c1-12(2)8-13-4-3-7-18(10-13)11-16(20)15-6-5-14(19)9-17(15)21-18/h5-6,9,12-13,16H,3-4,7-8,10-11,20H2,1-2H3. The van der Waals surface area contributed by atoms with E-state index in [1.807, 2.05) is 0 Å². The Morgan fingerprint density at radius 3 is 2.95 bits per heavy atom. The molecule has 1 aliphatic carbocycles. The maximum absolute atomic E-state index is 13.5. The summed E-state index contributed by atoms with van der Waals surface area (Å²) >= 11 is 0. The van der Waals surface area contributed by atoms with Crippen LogP contribution in [0, 0.1) is 17.7 Å². The molecular formula is C18H26FNO. The second kappa shape index (κ2) is 5.60. The Labute approximate surface area is 126 Å². The number of ether oxygens (including phenoxy) is 1. The molecule has 0 bridgehead atoms. The van der Waals surface area contributed by atoms with Gasteiger partial charge in [0.2, 0.25) is 0 Å². The second-order valence-corrected chi connectivity index (χ2v) is 7.37. The Morgan fingerprint density at radius 2 is 2.19 bits per heavy atom. The van der Waals surface area contributed by atoms with Crippen molar-refractivity contribution in [3.05, 3.63) is 29.6 Å². The van der Waals surface area contributed by atoms with Gasteiger partial charge in [-0.25, -0.2) is 4.39 Å². The van der Waals surface area contributed by atoms with Crippen molar-refractivity contribution in [3.63, 3.8) is 0 Å². The van der Waals surface area contributed by atoms with Crippen molar-refractivity contribution in [2.24, 2.45) is 17.6 Å². The summed E-state index contributed by atoms with van der Waals surface area (Å²) in [6.45, 7) is 4.55. The molecule has 1 heterocycles. The van der Waals surface area contributed by atoms with Crippen molar-refractivity contribution in [1.29, 1.82) is 0 Å². The molecule has 2 nitrogen and oxygen atoms in total. The van der Waals surface area contributed by atoms with Gasteiger partial charge in [0, 0.05) is 24.1 Å². The van der Waals surface area contributed by atoms with E-state index in [9.17, 15) is 4.39 Å². The zero-order valence-electron chi connectivity index (χ0n) is 13.1. The van der Waals surface area contributed by atoms with Crippen LogP contribution < -0.4 is 10.5 Å². The van der Waals surface area contributed by atoms with Gasteiger partial charge in [-0.2, -0.15) is 0 Å². The minimum Gasteiger partial charge on any atom is -0.487 e. The fraction of sp³-hybridized carbons (Fsp3) is 0.667. The Kier molecular flexibility index (Phi) is 3.96. The van der Waals surface area contributed by atoms with Gasteiger partial charge in [0.15, 0.2) is 0 Å². The maximum Gasteiger partial charge on any atom is 0.127 e. The third kappa shape index (κ3) is 3.08. The first-order chi connectivity index (χ1) is 9.97. The topological polar surface area (TPSA) is 35.2 Å². The summed E-state index contributed by atoms with van der Waals surface area (Å²) in [4.78, 5) is 0. The summed E-state index contributed by atoms with van der Waals surface area (Å²) in [5.41, 5.74) is 7.13. The third-order valence-electron chi connectivity index (χ3n) is 5.00. The highest BCUT2D eigenvalue weighted by Crippen LogP contribution is 2.47. The monoisotopic (exact) mass is 291 g/mol. The summed E-state index contributed by atoms with van der Waals surface area (Å²) in [7, 11) is 0. The van der Waals surface area contributed by atoms with Gasteiger partial charge < -0.3 is 10.5 Å². The second-order valence-electron chi connectivity index (χ2n) is 7.37. The molecule has 2 N–H and O–H groups in total. The van der Waals surface area contributed by atoms with Gasteiger partial charge in [0.05, 0.1) is 0 Å². The first-order valence-corrected chi connectivity index (χ1v) is 8.21. The molecule has 0 amide bonds. The molecule has 1 aromatic rings. The van der Waals surface area contributed by atoms with Crippen LogP contribution in [-0.4, -0.2) is 5.60 Å². The number of benzene rings is 1. The van der Waals surface area contributed by atoms with Crippen molar-refractivity contribution in [1.82, 2.24) is 0 Å². The van der Waals surface area contributed by atoms with Gasteiger partial charge in [-0.3, -0.25) is 0 Å². The number of halogens is 1. The lowest BCUT2D eigenvalue weighted by atomic mass is 9.71. The van der Waals surface area contributed by atoms with Crippen LogP contribution in [-0.2, 0) is 0 Å². The molecule has 3 atom stereocenters. The fourth-order valence-corrected chi connectivity index (χ4v) is 4.28. The van der Waals surface area contributed by atoms with Crippen LogP contribution in [0.5, 0.6) is 5.75 Å². The molecule has 3 unspecified atom stereocenters. The van der Waals surface area contributed by atoms with E-state index < -0.39 is 0 Å². The molecule has 1 saturated carbocycles. The van der Waals surface area contributed by atoms with Gasteiger partial charge in [0.25, 0.3) is 0 Å². The van der Waals surface area contributed by atoms with Crippen LogP contribution in [0.15, 0.2) is 18.2 Å². The van der Waals surface area contributed by atoms with Crippen LogP contribution in [0.2, 0.25) is 0 Å². The summed E-state index contributed by atoms with van der Waals surface area (Å²) in [6, 6.07) is 4.72. The molecule has 0 radical (unpaired) electrons. The van der Waals surface area contributed by atoms with E-state index >= 15 is 0 Å². The van der Waals surface area contributed by atoms with E-state index in [1.165, 1.54) is 31.4 Å². The van der Waals surface area contributed by atoms with Gasteiger partial charge in [-0.05, 0) is 43.6 Å². The third-order valence-corrected chi connectivity index (χ3v) is 5.00. The molecular weight excluding hydrogens is 265 g/mol. The molecule has 0 aromatic heterocycles.